The predicted molar refractivity (Wildman–Crippen MR) is 62.8 cm³/mol. The van der Waals surface area contributed by atoms with E-state index in [4.69, 9.17) is 16.0 Å². The van der Waals surface area contributed by atoms with Crippen molar-refractivity contribution in [3.63, 3.8) is 0 Å². The van der Waals surface area contributed by atoms with E-state index >= 15 is 0 Å². The van der Waals surface area contributed by atoms with E-state index in [1.165, 1.54) is 24.5 Å². The normalized spacial score (nSPS) is 10.3. The number of halogens is 2. The third-order valence-electron chi connectivity index (χ3n) is 2.31. The lowest BCUT2D eigenvalue weighted by atomic mass is 10.2. The number of anilines is 1. The predicted octanol–water partition coefficient (Wildman–Crippen LogP) is 3.63. The Kier molecular flexibility index (Phi) is 3.15. The van der Waals surface area contributed by atoms with E-state index in [2.05, 4.69) is 5.32 Å². The second kappa shape index (κ2) is 4.59. The lowest BCUT2D eigenvalue weighted by Crippen LogP contribution is -2.12. The van der Waals surface area contributed by atoms with Crippen LogP contribution in [0.2, 0.25) is 5.22 Å². The molecule has 0 radical (unpaired) electrons. The first-order chi connectivity index (χ1) is 8.08. The van der Waals surface area contributed by atoms with Gasteiger partial charge < -0.3 is 9.73 Å². The topological polar surface area (TPSA) is 42.2 Å². The highest BCUT2D eigenvalue weighted by Gasteiger charge is 2.14. The Balaban J connectivity index is 2.24. The SMILES string of the molecule is Cc1ccc(F)cc1NC(=O)c1ccoc1Cl. The number of rotatable bonds is 2. The van der Waals surface area contributed by atoms with Gasteiger partial charge in [0.05, 0.1) is 11.8 Å². The zero-order valence-corrected chi connectivity index (χ0v) is 9.72. The van der Waals surface area contributed by atoms with Crippen LogP contribution in [0.5, 0.6) is 0 Å². The molecule has 2 aromatic rings. The Labute approximate surface area is 102 Å². The summed E-state index contributed by atoms with van der Waals surface area (Å²) in [5, 5.41) is 2.58. The van der Waals surface area contributed by atoms with Gasteiger partial charge >= 0.3 is 0 Å². The summed E-state index contributed by atoms with van der Waals surface area (Å²) in [7, 11) is 0. The van der Waals surface area contributed by atoms with Crippen molar-refractivity contribution < 1.29 is 13.6 Å². The van der Waals surface area contributed by atoms with Gasteiger partial charge in [0.15, 0.2) is 0 Å². The zero-order valence-electron chi connectivity index (χ0n) is 8.96. The highest BCUT2D eigenvalue weighted by Crippen LogP contribution is 2.20. The number of nitrogens with one attached hydrogen (secondary N) is 1. The summed E-state index contributed by atoms with van der Waals surface area (Å²) in [6.07, 6.45) is 1.32. The summed E-state index contributed by atoms with van der Waals surface area (Å²) in [6.45, 7) is 1.77. The number of carbonyl (C=O) groups excluding carboxylic acids is 1. The summed E-state index contributed by atoms with van der Waals surface area (Å²) in [5.74, 6) is -0.846. The minimum Gasteiger partial charge on any atom is -0.452 e. The highest BCUT2D eigenvalue weighted by molar-refractivity contribution is 6.32. The molecule has 0 aliphatic carbocycles. The smallest absolute Gasteiger partial charge is 0.260 e. The number of hydrogen-bond donors (Lipinski definition) is 1. The molecule has 0 saturated heterocycles. The second-order valence-electron chi connectivity index (χ2n) is 3.52. The van der Waals surface area contributed by atoms with E-state index < -0.39 is 11.7 Å². The van der Waals surface area contributed by atoms with Gasteiger partial charge in [0.25, 0.3) is 5.91 Å². The van der Waals surface area contributed by atoms with E-state index in [1.807, 2.05) is 0 Å². The Bertz CT molecular complexity index is 565. The minimum absolute atomic E-state index is 0.0107. The Hall–Kier alpha value is -1.81. The van der Waals surface area contributed by atoms with Crippen molar-refractivity contribution in [3.8, 4) is 0 Å². The molecule has 1 N–H and O–H groups in total. The molecule has 0 aliphatic rings. The number of furan rings is 1. The maximum absolute atomic E-state index is 13.0. The minimum atomic E-state index is -0.433. The zero-order chi connectivity index (χ0) is 12.4. The standard InChI is InChI=1S/C12H9ClFNO2/c1-7-2-3-8(14)6-10(7)15-12(16)9-4-5-17-11(9)13/h2-6H,1H3,(H,15,16). The number of hydrogen-bond acceptors (Lipinski definition) is 2. The van der Waals surface area contributed by atoms with Gasteiger partial charge in [0.2, 0.25) is 5.22 Å². The molecule has 0 spiro atoms. The van der Waals surface area contributed by atoms with Gasteiger partial charge in [-0.3, -0.25) is 4.79 Å². The number of benzene rings is 1. The van der Waals surface area contributed by atoms with Gasteiger partial charge in [-0.2, -0.15) is 0 Å². The van der Waals surface area contributed by atoms with Crippen LogP contribution in [-0.2, 0) is 0 Å². The van der Waals surface area contributed by atoms with Crippen LogP contribution in [0.4, 0.5) is 10.1 Å². The fraction of sp³-hybridized carbons (Fsp3) is 0.0833. The van der Waals surface area contributed by atoms with Gasteiger partial charge in [-0.05, 0) is 42.3 Å². The largest absolute Gasteiger partial charge is 0.452 e. The van der Waals surface area contributed by atoms with Crippen molar-refractivity contribution in [2.24, 2.45) is 0 Å². The maximum Gasteiger partial charge on any atom is 0.260 e. The van der Waals surface area contributed by atoms with Crippen LogP contribution in [-0.4, -0.2) is 5.91 Å². The van der Waals surface area contributed by atoms with Gasteiger partial charge in [-0.25, -0.2) is 4.39 Å². The Morgan fingerprint density at radius 3 is 2.82 bits per heavy atom. The van der Waals surface area contributed by atoms with Crippen LogP contribution >= 0.6 is 11.6 Å². The summed E-state index contributed by atoms with van der Waals surface area (Å²) in [4.78, 5) is 11.8. The molecule has 0 unspecified atom stereocenters. The molecule has 0 fully saturated rings. The van der Waals surface area contributed by atoms with Crippen molar-refractivity contribution in [1.29, 1.82) is 0 Å². The summed E-state index contributed by atoms with van der Waals surface area (Å²) in [6, 6.07) is 5.62. The molecule has 0 saturated carbocycles. The third-order valence-corrected chi connectivity index (χ3v) is 2.60. The molecule has 88 valence electrons. The number of carbonyl (C=O) groups is 1. The first kappa shape index (κ1) is 11.7. The van der Waals surface area contributed by atoms with Crippen molar-refractivity contribution in [3.05, 3.63) is 52.7 Å². The molecular formula is C12H9ClFNO2. The van der Waals surface area contributed by atoms with Crippen LogP contribution in [0.1, 0.15) is 15.9 Å². The van der Waals surface area contributed by atoms with Crippen LogP contribution in [0, 0.1) is 12.7 Å². The average molecular weight is 254 g/mol. The lowest BCUT2D eigenvalue weighted by molar-refractivity contribution is 0.102. The lowest BCUT2D eigenvalue weighted by Gasteiger charge is -2.07. The average Bonchev–Trinajstić information content (AvgIpc) is 2.70. The first-order valence-electron chi connectivity index (χ1n) is 4.88. The van der Waals surface area contributed by atoms with E-state index in [1.54, 1.807) is 13.0 Å². The van der Waals surface area contributed by atoms with E-state index in [0.29, 0.717) is 5.69 Å². The molecule has 1 heterocycles. The van der Waals surface area contributed by atoms with E-state index in [-0.39, 0.29) is 10.8 Å². The summed E-state index contributed by atoms with van der Waals surface area (Å²) < 4.78 is 17.8. The molecule has 1 amide bonds. The molecule has 0 bridgehead atoms. The Morgan fingerprint density at radius 1 is 1.41 bits per heavy atom. The fourth-order valence-corrected chi connectivity index (χ4v) is 1.57. The van der Waals surface area contributed by atoms with Gasteiger partial charge in [-0.15, -0.1) is 0 Å². The number of amides is 1. The molecule has 2 rings (SSSR count). The van der Waals surface area contributed by atoms with Crippen molar-refractivity contribution in [1.82, 2.24) is 0 Å². The van der Waals surface area contributed by atoms with Crippen LogP contribution in [0.3, 0.4) is 0 Å². The van der Waals surface area contributed by atoms with Crippen molar-refractivity contribution in [2.75, 3.05) is 5.32 Å². The monoisotopic (exact) mass is 253 g/mol. The molecule has 1 aromatic carbocycles. The quantitative estimate of drug-likeness (QED) is 0.888. The molecule has 3 nitrogen and oxygen atoms in total. The van der Waals surface area contributed by atoms with Gasteiger partial charge in [-0.1, -0.05) is 6.07 Å². The Morgan fingerprint density at radius 2 is 2.18 bits per heavy atom. The molecule has 1 aromatic heterocycles. The fourth-order valence-electron chi connectivity index (χ4n) is 1.37. The van der Waals surface area contributed by atoms with Gasteiger partial charge in [0, 0.05) is 5.69 Å². The summed E-state index contributed by atoms with van der Waals surface area (Å²) in [5.41, 5.74) is 1.39. The van der Waals surface area contributed by atoms with Crippen LogP contribution in [0.15, 0.2) is 34.9 Å². The maximum atomic E-state index is 13.0. The van der Waals surface area contributed by atoms with E-state index in [0.717, 1.165) is 5.56 Å². The van der Waals surface area contributed by atoms with Gasteiger partial charge in [0.1, 0.15) is 5.82 Å². The second-order valence-corrected chi connectivity index (χ2v) is 3.86. The van der Waals surface area contributed by atoms with Crippen LogP contribution in [0.25, 0.3) is 0 Å². The summed E-state index contributed by atoms with van der Waals surface area (Å²) >= 11 is 5.67. The first-order valence-corrected chi connectivity index (χ1v) is 5.26. The van der Waals surface area contributed by atoms with E-state index in [9.17, 15) is 9.18 Å². The molecule has 5 heteroatoms. The third kappa shape index (κ3) is 2.47. The molecule has 0 aliphatic heterocycles. The highest BCUT2D eigenvalue weighted by atomic mass is 35.5. The van der Waals surface area contributed by atoms with Crippen molar-refractivity contribution >= 4 is 23.2 Å². The molecule has 0 atom stereocenters. The van der Waals surface area contributed by atoms with Crippen LogP contribution < -0.4 is 5.32 Å². The molecule has 17 heavy (non-hydrogen) atoms. The number of aryl methyl sites for hydroxylation is 1. The van der Waals surface area contributed by atoms with Crippen molar-refractivity contribution in [2.45, 2.75) is 6.92 Å². The molecular weight excluding hydrogens is 245 g/mol.